The van der Waals surface area contributed by atoms with Gasteiger partial charge in [-0.05, 0) is 30.3 Å². The van der Waals surface area contributed by atoms with E-state index in [0.717, 1.165) is 5.01 Å². The molecule has 0 aliphatic carbocycles. The third-order valence-corrected chi connectivity index (χ3v) is 4.20. The number of hydrogen-bond acceptors (Lipinski definition) is 5. The third-order valence-electron chi connectivity index (χ3n) is 3.06. The van der Waals surface area contributed by atoms with Crippen molar-refractivity contribution in [3.05, 3.63) is 52.7 Å². The van der Waals surface area contributed by atoms with Crippen molar-refractivity contribution in [3.63, 3.8) is 0 Å². The van der Waals surface area contributed by atoms with Gasteiger partial charge in [-0.2, -0.15) is 0 Å². The van der Waals surface area contributed by atoms with E-state index in [0.29, 0.717) is 27.9 Å². The first-order chi connectivity index (χ1) is 11.2. The van der Waals surface area contributed by atoms with Crippen LogP contribution in [0.1, 0.15) is 5.69 Å². The average Bonchev–Trinajstić information content (AvgIpc) is 3.18. The van der Waals surface area contributed by atoms with Crippen LogP contribution in [0, 0.1) is 0 Å². The first kappa shape index (κ1) is 15.6. The van der Waals surface area contributed by atoms with Crippen LogP contribution < -0.4 is 10.1 Å². The number of aromatic nitrogens is 1. The number of anilines is 1. The number of ether oxygens (including phenoxy) is 1. The summed E-state index contributed by atoms with van der Waals surface area (Å²) in [7, 11) is 1.54. The molecular weight excluding hydrogens is 336 g/mol. The Bertz CT molecular complexity index is 815. The summed E-state index contributed by atoms with van der Waals surface area (Å²) in [5, 5.41) is 5.90. The first-order valence-electron chi connectivity index (χ1n) is 6.77. The molecule has 2 aromatic heterocycles. The number of nitrogens with one attached hydrogen (secondary N) is 1. The maximum absolute atomic E-state index is 12.2. The van der Waals surface area contributed by atoms with Crippen molar-refractivity contribution in [2.45, 2.75) is 6.42 Å². The number of rotatable bonds is 5. The maximum Gasteiger partial charge on any atom is 0.230 e. The Hall–Kier alpha value is -2.31. The maximum atomic E-state index is 12.2. The number of thiazole rings is 1. The number of hydrogen-bond donors (Lipinski definition) is 1. The molecule has 0 radical (unpaired) electrons. The lowest BCUT2D eigenvalue weighted by Gasteiger charge is -2.09. The minimum Gasteiger partial charge on any atom is -0.495 e. The van der Waals surface area contributed by atoms with Crippen LogP contribution in [-0.4, -0.2) is 18.0 Å². The second kappa shape index (κ2) is 6.85. The molecule has 23 heavy (non-hydrogen) atoms. The number of amides is 1. The summed E-state index contributed by atoms with van der Waals surface area (Å²) < 4.78 is 10.5. The fourth-order valence-corrected chi connectivity index (χ4v) is 3.00. The number of furan rings is 1. The Balaban J connectivity index is 1.69. The molecule has 0 unspecified atom stereocenters. The minimum absolute atomic E-state index is 0.160. The Morgan fingerprint density at radius 2 is 2.30 bits per heavy atom. The molecule has 118 valence electrons. The monoisotopic (exact) mass is 348 g/mol. The van der Waals surface area contributed by atoms with Crippen molar-refractivity contribution in [1.29, 1.82) is 0 Å². The zero-order valence-corrected chi connectivity index (χ0v) is 13.8. The molecule has 0 spiro atoms. The van der Waals surface area contributed by atoms with E-state index in [1.807, 2.05) is 11.4 Å². The van der Waals surface area contributed by atoms with Crippen LogP contribution in [0.4, 0.5) is 5.69 Å². The Morgan fingerprint density at radius 3 is 3.04 bits per heavy atom. The van der Waals surface area contributed by atoms with Gasteiger partial charge in [-0.15, -0.1) is 11.3 Å². The molecule has 0 atom stereocenters. The largest absolute Gasteiger partial charge is 0.495 e. The van der Waals surface area contributed by atoms with E-state index in [1.54, 1.807) is 30.5 Å². The SMILES string of the molecule is COc1ccc(Cl)cc1NC(=O)Cc1csc(-c2ccco2)n1. The molecule has 7 heteroatoms. The van der Waals surface area contributed by atoms with Crippen LogP contribution in [0.5, 0.6) is 5.75 Å². The van der Waals surface area contributed by atoms with Gasteiger partial charge in [0.25, 0.3) is 0 Å². The fourth-order valence-electron chi connectivity index (χ4n) is 2.04. The Labute approximate surface area is 141 Å². The first-order valence-corrected chi connectivity index (χ1v) is 8.03. The van der Waals surface area contributed by atoms with Gasteiger partial charge in [-0.25, -0.2) is 4.98 Å². The lowest BCUT2D eigenvalue weighted by molar-refractivity contribution is -0.115. The molecule has 1 amide bonds. The number of carbonyl (C=O) groups excluding carboxylic acids is 1. The van der Waals surface area contributed by atoms with Gasteiger partial charge in [0.1, 0.15) is 5.75 Å². The van der Waals surface area contributed by atoms with Crippen LogP contribution in [0.25, 0.3) is 10.8 Å². The van der Waals surface area contributed by atoms with Gasteiger partial charge < -0.3 is 14.5 Å². The number of halogens is 1. The molecular formula is C16H13ClN2O3S. The summed E-state index contributed by atoms with van der Waals surface area (Å²) in [5.74, 6) is 1.05. The molecule has 2 heterocycles. The zero-order chi connectivity index (χ0) is 16.2. The lowest BCUT2D eigenvalue weighted by Crippen LogP contribution is -2.15. The van der Waals surface area contributed by atoms with Gasteiger partial charge in [0.15, 0.2) is 10.8 Å². The van der Waals surface area contributed by atoms with Crippen LogP contribution in [0.15, 0.2) is 46.4 Å². The standard InChI is InChI=1S/C16H13ClN2O3S/c1-21-13-5-4-10(17)7-12(13)19-15(20)8-11-9-23-16(18-11)14-3-2-6-22-14/h2-7,9H,8H2,1H3,(H,19,20). The summed E-state index contributed by atoms with van der Waals surface area (Å²) in [5.41, 5.74) is 1.21. The topological polar surface area (TPSA) is 64.4 Å². The average molecular weight is 349 g/mol. The van der Waals surface area contributed by atoms with Gasteiger partial charge in [0, 0.05) is 10.4 Å². The zero-order valence-electron chi connectivity index (χ0n) is 12.2. The second-order valence-electron chi connectivity index (χ2n) is 4.69. The molecule has 0 aliphatic rings. The molecule has 0 saturated heterocycles. The van der Waals surface area contributed by atoms with Gasteiger partial charge in [0.05, 0.1) is 31.2 Å². The highest BCUT2D eigenvalue weighted by Gasteiger charge is 2.12. The van der Waals surface area contributed by atoms with E-state index in [-0.39, 0.29) is 12.3 Å². The molecule has 0 aliphatic heterocycles. The second-order valence-corrected chi connectivity index (χ2v) is 5.99. The predicted molar refractivity (Wildman–Crippen MR) is 90.2 cm³/mol. The Morgan fingerprint density at radius 1 is 1.43 bits per heavy atom. The van der Waals surface area contributed by atoms with Gasteiger partial charge in [-0.3, -0.25) is 4.79 Å². The molecule has 5 nitrogen and oxygen atoms in total. The normalized spacial score (nSPS) is 10.5. The fraction of sp³-hybridized carbons (Fsp3) is 0.125. The summed E-state index contributed by atoms with van der Waals surface area (Å²) >= 11 is 7.38. The van der Waals surface area contributed by atoms with Crippen molar-refractivity contribution in [2.75, 3.05) is 12.4 Å². The highest BCUT2D eigenvalue weighted by Crippen LogP contribution is 2.28. The van der Waals surface area contributed by atoms with E-state index in [1.165, 1.54) is 18.4 Å². The predicted octanol–water partition coefficient (Wildman–Crippen LogP) is 4.25. The van der Waals surface area contributed by atoms with E-state index in [4.69, 9.17) is 20.8 Å². The summed E-state index contributed by atoms with van der Waals surface area (Å²) in [6.07, 6.45) is 1.75. The molecule has 3 rings (SSSR count). The molecule has 1 N–H and O–H groups in total. The molecule has 3 aromatic rings. The minimum atomic E-state index is -0.193. The molecule has 0 fully saturated rings. The van der Waals surface area contributed by atoms with E-state index in [2.05, 4.69) is 10.3 Å². The van der Waals surface area contributed by atoms with Gasteiger partial charge >= 0.3 is 0 Å². The van der Waals surface area contributed by atoms with Crippen LogP contribution in [0.3, 0.4) is 0 Å². The van der Waals surface area contributed by atoms with Gasteiger partial charge in [-0.1, -0.05) is 11.6 Å². The third kappa shape index (κ3) is 3.72. The quantitative estimate of drug-likeness (QED) is 0.748. The number of benzene rings is 1. The molecule has 1 aromatic carbocycles. The highest BCUT2D eigenvalue weighted by atomic mass is 35.5. The number of carbonyl (C=O) groups is 1. The lowest BCUT2D eigenvalue weighted by atomic mass is 10.2. The van der Waals surface area contributed by atoms with Crippen molar-refractivity contribution >= 4 is 34.5 Å². The van der Waals surface area contributed by atoms with Crippen molar-refractivity contribution in [2.24, 2.45) is 0 Å². The van der Waals surface area contributed by atoms with Crippen molar-refractivity contribution < 1.29 is 13.9 Å². The van der Waals surface area contributed by atoms with Crippen molar-refractivity contribution in [3.8, 4) is 16.5 Å². The number of nitrogens with zero attached hydrogens (tertiary/aromatic N) is 1. The summed E-state index contributed by atoms with van der Waals surface area (Å²) in [6, 6.07) is 8.68. The summed E-state index contributed by atoms with van der Waals surface area (Å²) in [4.78, 5) is 16.6. The van der Waals surface area contributed by atoms with Crippen LogP contribution in [-0.2, 0) is 11.2 Å². The smallest absolute Gasteiger partial charge is 0.230 e. The van der Waals surface area contributed by atoms with Crippen molar-refractivity contribution in [1.82, 2.24) is 4.98 Å². The Kier molecular flexibility index (Phi) is 4.64. The van der Waals surface area contributed by atoms with E-state index >= 15 is 0 Å². The highest BCUT2D eigenvalue weighted by molar-refractivity contribution is 7.13. The van der Waals surface area contributed by atoms with E-state index in [9.17, 15) is 4.79 Å². The molecule has 0 saturated carbocycles. The van der Waals surface area contributed by atoms with Crippen LogP contribution >= 0.6 is 22.9 Å². The van der Waals surface area contributed by atoms with E-state index < -0.39 is 0 Å². The van der Waals surface area contributed by atoms with Gasteiger partial charge in [0.2, 0.25) is 5.91 Å². The summed E-state index contributed by atoms with van der Waals surface area (Å²) in [6.45, 7) is 0. The van der Waals surface area contributed by atoms with Crippen LogP contribution in [0.2, 0.25) is 5.02 Å². The number of methoxy groups -OCH3 is 1. The molecule has 0 bridgehead atoms.